The van der Waals surface area contributed by atoms with Gasteiger partial charge in [-0.1, -0.05) is 45.0 Å². The molecule has 0 fully saturated rings. The molecule has 0 aliphatic carbocycles. The van der Waals surface area contributed by atoms with Crippen molar-refractivity contribution in [3.8, 4) is 0 Å². The van der Waals surface area contributed by atoms with E-state index in [1.165, 1.54) is 5.56 Å². The maximum absolute atomic E-state index is 12.5. The Balaban J connectivity index is 2.17. The lowest BCUT2D eigenvalue weighted by atomic mass is 9.98. The second kappa shape index (κ2) is 7.26. The number of rotatable bonds is 5. The molecule has 0 saturated carbocycles. The van der Waals surface area contributed by atoms with Gasteiger partial charge in [0.1, 0.15) is 5.69 Å². The molecule has 22 heavy (non-hydrogen) atoms. The highest BCUT2D eigenvalue weighted by atomic mass is 127. The minimum atomic E-state index is -0.0795. The highest BCUT2D eigenvalue weighted by molar-refractivity contribution is 14.1. The van der Waals surface area contributed by atoms with Crippen LogP contribution < -0.4 is 5.32 Å². The molecule has 0 aliphatic heterocycles. The van der Waals surface area contributed by atoms with Gasteiger partial charge < -0.3 is 5.32 Å². The number of benzene rings is 1. The molecule has 1 unspecified atom stereocenters. The van der Waals surface area contributed by atoms with Crippen LogP contribution >= 0.6 is 22.6 Å². The van der Waals surface area contributed by atoms with E-state index >= 15 is 0 Å². The standard InChI is InChI=1S/C17H22IN3O/c1-5-15(13-8-6-12(7-9-13)11(2)3)20-17(22)16-14(18)10-19-21(16)4/h6-11,15H,5H2,1-4H3,(H,20,22). The molecule has 0 bridgehead atoms. The van der Waals surface area contributed by atoms with Crippen LogP contribution in [-0.4, -0.2) is 15.7 Å². The maximum atomic E-state index is 12.5. The molecule has 118 valence electrons. The van der Waals surface area contributed by atoms with Gasteiger partial charge in [-0.3, -0.25) is 9.48 Å². The summed E-state index contributed by atoms with van der Waals surface area (Å²) in [6.45, 7) is 6.44. The van der Waals surface area contributed by atoms with Crippen LogP contribution in [0.5, 0.6) is 0 Å². The third kappa shape index (κ3) is 3.69. The van der Waals surface area contributed by atoms with Gasteiger partial charge in [-0.05, 0) is 46.1 Å². The molecule has 4 nitrogen and oxygen atoms in total. The Morgan fingerprint density at radius 2 is 1.86 bits per heavy atom. The first-order chi connectivity index (χ1) is 10.4. The molecule has 0 saturated heterocycles. The molecule has 5 heteroatoms. The minimum absolute atomic E-state index is 0.0133. The Bertz CT molecular complexity index is 627. The third-order valence-electron chi connectivity index (χ3n) is 3.83. The first-order valence-corrected chi connectivity index (χ1v) is 8.60. The first-order valence-electron chi connectivity index (χ1n) is 7.52. The molecular formula is C17H22IN3O. The minimum Gasteiger partial charge on any atom is -0.344 e. The number of carbonyl (C=O) groups excluding carboxylic acids is 1. The summed E-state index contributed by atoms with van der Waals surface area (Å²) >= 11 is 2.14. The maximum Gasteiger partial charge on any atom is 0.271 e. The summed E-state index contributed by atoms with van der Waals surface area (Å²) in [5.41, 5.74) is 3.06. The molecule has 1 amide bonds. The van der Waals surface area contributed by atoms with Gasteiger partial charge in [0.2, 0.25) is 0 Å². The zero-order valence-corrected chi connectivity index (χ0v) is 15.6. The summed E-state index contributed by atoms with van der Waals surface area (Å²) < 4.78 is 2.48. The molecule has 1 aromatic heterocycles. The number of aromatic nitrogens is 2. The predicted molar refractivity (Wildman–Crippen MR) is 97.0 cm³/mol. The van der Waals surface area contributed by atoms with Crippen molar-refractivity contribution in [1.29, 1.82) is 0 Å². The van der Waals surface area contributed by atoms with Crippen LogP contribution in [0, 0.1) is 3.57 Å². The van der Waals surface area contributed by atoms with Crippen LogP contribution in [-0.2, 0) is 7.05 Å². The quantitative estimate of drug-likeness (QED) is 0.756. The van der Waals surface area contributed by atoms with Crippen LogP contribution in [0.25, 0.3) is 0 Å². The molecule has 2 rings (SSSR count). The van der Waals surface area contributed by atoms with E-state index in [4.69, 9.17) is 0 Å². The van der Waals surface area contributed by atoms with Crippen molar-refractivity contribution in [1.82, 2.24) is 15.1 Å². The number of nitrogens with zero attached hydrogens (tertiary/aromatic N) is 2. The summed E-state index contributed by atoms with van der Waals surface area (Å²) in [4.78, 5) is 12.5. The first kappa shape index (κ1) is 17.0. The molecule has 0 radical (unpaired) electrons. The lowest BCUT2D eigenvalue weighted by molar-refractivity contribution is 0.0925. The van der Waals surface area contributed by atoms with Crippen molar-refractivity contribution < 1.29 is 4.79 Å². The lowest BCUT2D eigenvalue weighted by Crippen LogP contribution is -2.30. The molecular weight excluding hydrogens is 389 g/mol. The van der Waals surface area contributed by atoms with Crippen molar-refractivity contribution in [2.75, 3.05) is 0 Å². The van der Waals surface area contributed by atoms with Gasteiger partial charge in [-0.25, -0.2) is 0 Å². The summed E-state index contributed by atoms with van der Waals surface area (Å²) in [5.74, 6) is 0.434. The Labute approximate surface area is 145 Å². The Morgan fingerprint density at radius 3 is 2.32 bits per heavy atom. The van der Waals surface area contributed by atoms with Crippen molar-refractivity contribution in [3.05, 3.63) is 50.9 Å². The molecule has 0 aliphatic rings. The van der Waals surface area contributed by atoms with Crippen LogP contribution in [0.4, 0.5) is 0 Å². The number of carbonyl (C=O) groups is 1. The summed E-state index contributed by atoms with van der Waals surface area (Å²) in [6.07, 6.45) is 2.55. The summed E-state index contributed by atoms with van der Waals surface area (Å²) in [6, 6.07) is 8.51. The van der Waals surface area contributed by atoms with Gasteiger partial charge >= 0.3 is 0 Å². The highest BCUT2D eigenvalue weighted by Gasteiger charge is 2.19. The second-order valence-corrected chi connectivity index (χ2v) is 6.88. The van der Waals surface area contributed by atoms with Crippen LogP contribution in [0.15, 0.2) is 30.5 Å². The van der Waals surface area contributed by atoms with Crippen molar-refractivity contribution in [3.63, 3.8) is 0 Å². The SMILES string of the molecule is CCC(NC(=O)c1c(I)cnn1C)c1ccc(C(C)C)cc1. The predicted octanol–water partition coefficient (Wildman–Crippen LogP) is 4.03. The average Bonchev–Trinajstić information content (AvgIpc) is 2.84. The van der Waals surface area contributed by atoms with Gasteiger partial charge in [0.15, 0.2) is 0 Å². The van der Waals surface area contributed by atoms with E-state index in [0.29, 0.717) is 11.6 Å². The molecule has 1 N–H and O–H groups in total. The number of amides is 1. The zero-order valence-electron chi connectivity index (χ0n) is 13.4. The van der Waals surface area contributed by atoms with E-state index in [1.807, 2.05) is 0 Å². The van der Waals surface area contributed by atoms with E-state index in [2.05, 4.69) is 78.0 Å². The molecule has 0 spiro atoms. The van der Waals surface area contributed by atoms with E-state index < -0.39 is 0 Å². The van der Waals surface area contributed by atoms with Gasteiger partial charge in [0, 0.05) is 7.05 Å². The normalized spacial score (nSPS) is 12.5. The van der Waals surface area contributed by atoms with Crippen LogP contribution in [0.3, 0.4) is 0 Å². The molecule has 1 heterocycles. The smallest absolute Gasteiger partial charge is 0.271 e. The number of hydrogen-bond acceptors (Lipinski definition) is 2. The van der Waals surface area contributed by atoms with Gasteiger partial charge in [-0.2, -0.15) is 5.10 Å². The van der Waals surface area contributed by atoms with Gasteiger partial charge in [-0.15, -0.1) is 0 Å². The Hall–Kier alpha value is -1.37. The van der Waals surface area contributed by atoms with Gasteiger partial charge in [0.05, 0.1) is 15.8 Å². The van der Waals surface area contributed by atoms with Crippen molar-refractivity contribution in [2.45, 2.75) is 39.2 Å². The number of aryl methyl sites for hydroxylation is 1. The topological polar surface area (TPSA) is 46.9 Å². The fraction of sp³-hybridized carbons (Fsp3) is 0.412. The zero-order chi connectivity index (χ0) is 16.3. The monoisotopic (exact) mass is 411 g/mol. The summed E-state index contributed by atoms with van der Waals surface area (Å²) in [5, 5.41) is 7.23. The molecule has 1 atom stereocenters. The van der Waals surface area contributed by atoms with Crippen molar-refractivity contribution >= 4 is 28.5 Å². The molecule has 1 aromatic carbocycles. The lowest BCUT2D eigenvalue weighted by Gasteiger charge is -2.18. The molecule has 2 aromatic rings. The second-order valence-electron chi connectivity index (χ2n) is 5.72. The Kier molecular flexibility index (Phi) is 5.61. The fourth-order valence-corrected chi connectivity index (χ4v) is 3.15. The van der Waals surface area contributed by atoms with E-state index in [9.17, 15) is 4.79 Å². The fourth-order valence-electron chi connectivity index (χ4n) is 2.43. The van der Waals surface area contributed by atoms with E-state index in [-0.39, 0.29) is 11.9 Å². The number of hydrogen-bond donors (Lipinski definition) is 1. The van der Waals surface area contributed by atoms with Crippen LogP contribution in [0.1, 0.15) is 60.8 Å². The summed E-state index contributed by atoms with van der Waals surface area (Å²) in [7, 11) is 1.79. The largest absolute Gasteiger partial charge is 0.344 e. The van der Waals surface area contributed by atoms with E-state index in [1.54, 1.807) is 17.9 Å². The number of nitrogens with one attached hydrogen (secondary N) is 1. The van der Waals surface area contributed by atoms with Gasteiger partial charge in [0.25, 0.3) is 5.91 Å². The Morgan fingerprint density at radius 1 is 1.27 bits per heavy atom. The van der Waals surface area contributed by atoms with Crippen LogP contribution in [0.2, 0.25) is 0 Å². The highest BCUT2D eigenvalue weighted by Crippen LogP contribution is 2.21. The van der Waals surface area contributed by atoms with Crippen molar-refractivity contribution in [2.24, 2.45) is 7.05 Å². The third-order valence-corrected chi connectivity index (χ3v) is 4.62. The number of halogens is 1. The average molecular weight is 411 g/mol. The van der Waals surface area contributed by atoms with E-state index in [0.717, 1.165) is 15.6 Å².